The largest absolute Gasteiger partial charge is 0.474 e. The van der Waals surface area contributed by atoms with Crippen LogP contribution in [0.1, 0.15) is 31.7 Å². The zero-order chi connectivity index (χ0) is 23.1. The fourth-order valence-electron chi connectivity index (χ4n) is 4.73. The van der Waals surface area contributed by atoms with Gasteiger partial charge in [-0.3, -0.25) is 5.32 Å². The zero-order valence-electron chi connectivity index (χ0n) is 18.7. The summed E-state index contributed by atoms with van der Waals surface area (Å²) in [6.07, 6.45) is 6.16. The molecule has 1 saturated carbocycles. The second-order valence-electron chi connectivity index (χ2n) is 8.91. The van der Waals surface area contributed by atoms with Gasteiger partial charge in [-0.05, 0) is 55.2 Å². The quantitative estimate of drug-likeness (QED) is 0.439. The molecule has 3 aromatic rings. The van der Waals surface area contributed by atoms with Gasteiger partial charge in [0.2, 0.25) is 5.88 Å². The van der Waals surface area contributed by atoms with Gasteiger partial charge in [-0.1, -0.05) is 6.92 Å². The minimum Gasteiger partial charge on any atom is -0.474 e. The Morgan fingerprint density at radius 1 is 1.24 bits per heavy atom. The SMILES string of the molecule is Cc1c(-c2cc3cc(NC(=O)NC4CCC(C)C4)ncc3c(N)c2F)cnc2c1NCCO2. The number of amides is 2. The van der Waals surface area contributed by atoms with Crippen LogP contribution in [0.25, 0.3) is 21.9 Å². The van der Waals surface area contributed by atoms with E-state index in [0.29, 0.717) is 52.7 Å². The average molecular weight is 451 g/mol. The molecule has 1 aliphatic heterocycles. The van der Waals surface area contributed by atoms with E-state index in [1.165, 1.54) is 6.20 Å². The van der Waals surface area contributed by atoms with Crippen LogP contribution >= 0.6 is 0 Å². The number of nitrogens with one attached hydrogen (secondary N) is 3. The minimum absolute atomic E-state index is 0.00674. The van der Waals surface area contributed by atoms with Gasteiger partial charge in [-0.25, -0.2) is 19.2 Å². The van der Waals surface area contributed by atoms with Crippen molar-refractivity contribution in [1.29, 1.82) is 0 Å². The van der Waals surface area contributed by atoms with Crippen molar-refractivity contribution in [3.63, 3.8) is 0 Å². The highest BCUT2D eigenvalue weighted by Gasteiger charge is 2.23. The van der Waals surface area contributed by atoms with Crippen molar-refractivity contribution in [2.24, 2.45) is 5.92 Å². The van der Waals surface area contributed by atoms with Crippen LogP contribution in [0.4, 0.5) is 26.4 Å². The van der Waals surface area contributed by atoms with Gasteiger partial charge in [-0.2, -0.15) is 0 Å². The number of fused-ring (bicyclic) bond motifs is 2. The molecule has 1 aromatic carbocycles. The highest BCUT2D eigenvalue weighted by molar-refractivity contribution is 6.00. The van der Waals surface area contributed by atoms with Gasteiger partial charge in [0.25, 0.3) is 0 Å². The first-order valence-corrected chi connectivity index (χ1v) is 11.2. The number of halogens is 1. The van der Waals surface area contributed by atoms with E-state index in [0.717, 1.165) is 30.5 Å². The van der Waals surface area contributed by atoms with Gasteiger partial charge in [0.1, 0.15) is 18.1 Å². The molecule has 0 saturated heterocycles. The van der Waals surface area contributed by atoms with Crippen LogP contribution in [0.3, 0.4) is 0 Å². The Morgan fingerprint density at radius 3 is 2.88 bits per heavy atom. The van der Waals surface area contributed by atoms with E-state index in [4.69, 9.17) is 10.5 Å². The second kappa shape index (κ2) is 8.38. The Morgan fingerprint density at radius 2 is 2.09 bits per heavy atom. The summed E-state index contributed by atoms with van der Waals surface area (Å²) in [6, 6.07) is 3.30. The molecule has 2 atom stereocenters. The molecule has 1 aliphatic carbocycles. The van der Waals surface area contributed by atoms with Gasteiger partial charge in [0.05, 0.1) is 5.69 Å². The first kappa shape index (κ1) is 21.2. The number of ether oxygens (including phenoxy) is 1. The molecule has 8 nitrogen and oxygen atoms in total. The van der Waals surface area contributed by atoms with Crippen LogP contribution < -0.4 is 26.4 Å². The number of urea groups is 1. The van der Waals surface area contributed by atoms with E-state index in [1.54, 1.807) is 18.3 Å². The maximum absolute atomic E-state index is 15.3. The average Bonchev–Trinajstić information content (AvgIpc) is 3.21. The molecule has 2 amide bonds. The normalized spacial score (nSPS) is 19.5. The highest BCUT2D eigenvalue weighted by atomic mass is 19.1. The summed E-state index contributed by atoms with van der Waals surface area (Å²) in [4.78, 5) is 21.0. The van der Waals surface area contributed by atoms with Gasteiger partial charge >= 0.3 is 6.03 Å². The predicted octanol–water partition coefficient (Wildman–Crippen LogP) is 4.44. The molecule has 2 unspecified atom stereocenters. The Hall–Kier alpha value is -3.62. The maximum Gasteiger partial charge on any atom is 0.320 e. The van der Waals surface area contributed by atoms with Crippen molar-refractivity contribution in [2.75, 3.05) is 29.5 Å². The molecule has 0 bridgehead atoms. The number of aromatic nitrogens is 2. The Labute approximate surface area is 191 Å². The first-order valence-electron chi connectivity index (χ1n) is 11.2. The molecule has 9 heteroatoms. The van der Waals surface area contributed by atoms with Crippen molar-refractivity contribution in [1.82, 2.24) is 15.3 Å². The third-order valence-electron chi connectivity index (χ3n) is 6.51. The van der Waals surface area contributed by atoms with Crippen LogP contribution in [0.15, 0.2) is 24.5 Å². The number of nitrogens with two attached hydrogens (primary N) is 1. The molecule has 172 valence electrons. The van der Waals surface area contributed by atoms with Crippen molar-refractivity contribution < 1.29 is 13.9 Å². The minimum atomic E-state index is -0.528. The monoisotopic (exact) mass is 450 g/mol. The van der Waals surface area contributed by atoms with Crippen LogP contribution in [0.5, 0.6) is 5.88 Å². The molecule has 2 aliphatic rings. The summed E-state index contributed by atoms with van der Waals surface area (Å²) < 4.78 is 20.9. The molecule has 5 rings (SSSR count). The Kier molecular flexibility index (Phi) is 5.39. The van der Waals surface area contributed by atoms with Crippen LogP contribution in [0, 0.1) is 18.7 Å². The molecular formula is C24H27FN6O2. The van der Waals surface area contributed by atoms with Crippen LogP contribution in [0.2, 0.25) is 0 Å². The maximum atomic E-state index is 15.3. The molecule has 1 fully saturated rings. The number of rotatable bonds is 3. The van der Waals surface area contributed by atoms with Crippen molar-refractivity contribution >= 4 is 34.0 Å². The Bertz CT molecular complexity index is 1250. The van der Waals surface area contributed by atoms with E-state index < -0.39 is 5.82 Å². The van der Waals surface area contributed by atoms with Gasteiger partial charge in [0, 0.05) is 41.5 Å². The van der Waals surface area contributed by atoms with Gasteiger partial charge in [-0.15, -0.1) is 0 Å². The summed E-state index contributed by atoms with van der Waals surface area (Å²) in [7, 11) is 0. The van der Waals surface area contributed by atoms with Crippen molar-refractivity contribution in [2.45, 2.75) is 39.2 Å². The van der Waals surface area contributed by atoms with Gasteiger partial charge in [0.15, 0.2) is 5.82 Å². The van der Waals surface area contributed by atoms with E-state index in [9.17, 15) is 4.79 Å². The van der Waals surface area contributed by atoms with E-state index in [1.807, 2.05) is 6.92 Å². The lowest BCUT2D eigenvalue weighted by Crippen LogP contribution is -2.36. The summed E-state index contributed by atoms with van der Waals surface area (Å²) in [6.45, 7) is 5.27. The van der Waals surface area contributed by atoms with E-state index >= 15 is 4.39 Å². The summed E-state index contributed by atoms with van der Waals surface area (Å²) in [5.41, 5.74) is 8.69. The fourth-order valence-corrected chi connectivity index (χ4v) is 4.73. The third kappa shape index (κ3) is 3.99. The molecular weight excluding hydrogens is 423 g/mol. The number of pyridine rings is 2. The number of nitrogens with zero attached hydrogens (tertiary/aromatic N) is 2. The molecule has 0 spiro atoms. The molecule has 5 N–H and O–H groups in total. The Balaban J connectivity index is 1.47. The number of carbonyl (C=O) groups excluding carboxylic acids is 1. The van der Waals surface area contributed by atoms with Crippen molar-refractivity contribution in [3.05, 3.63) is 35.9 Å². The first-order chi connectivity index (χ1) is 15.9. The standard InChI is InChI=1S/C24H27FN6O2/c1-12-3-4-15(7-12)30-24(32)31-19-9-14-8-16(20(25)21(26)18(14)11-28-19)17-10-29-23-22(13(17)2)27-5-6-33-23/h8-12,15,27H,3-7,26H2,1-2H3,(H2,28,30,31,32). The van der Waals surface area contributed by atoms with Crippen LogP contribution in [-0.2, 0) is 0 Å². The lowest BCUT2D eigenvalue weighted by molar-refractivity contribution is 0.248. The third-order valence-corrected chi connectivity index (χ3v) is 6.51. The van der Waals surface area contributed by atoms with E-state index in [2.05, 4.69) is 32.8 Å². The smallest absolute Gasteiger partial charge is 0.320 e. The van der Waals surface area contributed by atoms with Crippen molar-refractivity contribution in [3.8, 4) is 17.0 Å². The molecule has 3 heterocycles. The lowest BCUT2D eigenvalue weighted by Gasteiger charge is -2.22. The number of nitrogen functional groups attached to an aromatic ring is 1. The topological polar surface area (TPSA) is 114 Å². The summed E-state index contributed by atoms with van der Waals surface area (Å²) in [5, 5.41) is 10.2. The predicted molar refractivity (Wildman–Crippen MR) is 127 cm³/mol. The number of hydrogen-bond donors (Lipinski definition) is 4. The zero-order valence-corrected chi connectivity index (χ0v) is 18.7. The number of hydrogen-bond acceptors (Lipinski definition) is 6. The fraction of sp³-hybridized carbons (Fsp3) is 0.375. The molecule has 0 radical (unpaired) electrons. The number of benzene rings is 1. The summed E-state index contributed by atoms with van der Waals surface area (Å²) >= 11 is 0. The summed E-state index contributed by atoms with van der Waals surface area (Å²) in [5.74, 6) is 0.974. The molecule has 33 heavy (non-hydrogen) atoms. The highest BCUT2D eigenvalue weighted by Crippen LogP contribution is 2.39. The van der Waals surface area contributed by atoms with Gasteiger partial charge < -0.3 is 21.1 Å². The second-order valence-corrected chi connectivity index (χ2v) is 8.91. The van der Waals surface area contributed by atoms with E-state index in [-0.39, 0.29) is 17.8 Å². The lowest BCUT2D eigenvalue weighted by atomic mass is 9.97. The number of carbonyl (C=O) groups is 1. The van der Waals surface area contributed by atoms with Crippen LogP contribution in [-0.4, -0.2) is 35.2 Å². The number of anilines is 3. The molecule has 2 aromatic heterocycles.